The molecular formula is C24H29N3O5S. The molecule has 0 radical (unpaired) electrons. The van der Waals surface area contributed by atoms with Crippen LogP contribution in [0.1, 0.15) is 32.9 Å². The Morgan fingerprint density at radius 1 is 1.03 bits per heavy atom. The van der Waals surface area contributed by atoms with Crippen LogP contribution in [0.2, 0.25) is 0 Å². The van der Waals surface area contributed by atoms with E-state index in [2.05, 4.69) is 5.32 Å². The zero-order valence-corrected chi connectivity index (χ0v) is 19.5. The minimum Gasteiger partial charge on any atom is -0.496 e. The maximum absolute atomic E-state index is 13.4. The van der Waals surface area contributed by atoms with Gasteiger partial charge in [-0.2, -0.15) is 0 Å². The van der Waals surface area contributed by atoms with E-state index in [4.69, 9.17) is 9.47 Å². The second-order valence-electron chi connectivity index (χ2n) is 8.20. The van der Waals surface area contributed by atoms with E-state index in [1.165, 1.54) is 11.3 Å². The lowest BCUT2D eigenvalue weighted by Crippen LogP contribution is -2.56. The average Bonchev–Trinajstić information content (AvgIpc) is 3.42. The molecule has 4 rings (SSSR count). The topological polar surface area (TPSA) is 88.2 Å². The number of hydrogen-bond donors (Lipinski definition) is 1. The summed E-state index contributed by atoms with van der Waals surface area (Å²) >= 11 is 1.35. The Morgan fingerprint density at radius 3 is 2.42 bits per heavy atom. The first kappa shape index (κ1) is 23.3. The summed E-state index contributed by atoms with van der Waals surface area (Å²) in [6, 6.07) is 10.1. The van der Waals surface area contributed by atoms with Crippen LogP contribution in [0.15, 0.2) is 41.8 Å². The largest absolute Gasteiger partial charge is 0.496 e. The summed E-state index contributed by atoms with van der Waals surface area (Å²) in [5.74, 6) is 0.116. The Hall–Kier alpha value is -2.91. The first-order valence-corrected chi connectivity index (χ1v) is 12.1. The maximum atomic E-state index is 13.4. The molecule has 1 atom stereocenters. The minimum absolute atomic E-state index is 0.0500. The van der Waals surface area contributed by atoms with Crippen molar-refractivity contribution in [3.05, 3.63) is 52.2 Å². The molecular weight excluding hydrogens is 442 g/mol. The molecule has 2 fully saturated rings. The number of rotatable bonds is 6. The van der Waals surface area contributed by atoms with Gasteiger partial charge in [0, 0.05) is 26.2 Å². The fourth-order valence-corrected chi connectivity index (χ4v) is 5.04. The van der Waals surface area contributed by atoms with Crippen LogP contribution in [-0.2, 0) is 9.53 Å². The number of carbonyl (C=O) groups is 3. The summed E-state index contributed by atoms with van der Waals surface area (Å²) in [4.78, 5) is 43.4. The van der Waals surface area contributed by atoms with Crippen molar-refractivity contribution in [2.24, 2.45) is 5.92 Å². The summed E-state index contributed by atoms with van der Waals surface area (Å²) < 4.78 is 10.7. The fourth-order valence-electron chi connectivity index (χ4n) is 4.41. The second kappa shape index (κ2) is 10.8. The van der Waals surface area contributed by atoms with E-state index in [1.54, 1.807) is 35.1 Å². The smallest absolute Gasteiger partial charge is 0.262 e. The van der Waals surface area contributed by atoms with Crippen LogP contribution in [0.4, 0.5) is 0 Å². The van der Waals surface area contributed by atoms with E-state index in [0.29, 0.717) is 68.4 Å². The van der Waals surface area contributed by atoms with Crippen molar-refractivity contribution >= 4 is 29.1 Å². The average molecular weight is 472 g/mol. The van der Waals surface area contributed by atoms with Crippen molar-refractivity contribution in [3.8, 4) is 5.75 Å². The second-order valence-corrected chi connectivity index (χ2v) is 9.14. The van der Waals surface area contributed by atoms with Gasteiger partial charge in [0.25, 0.3) is 11.8 Å². The summed E-state index contributed by atoms with van der Waals surface area (Å²) in [7, 11) is 1.55. The Kier molecular flexibility index (Phi) is 7.61. The number of methoxy groups -OCH3 is 1. The van der Waals surface area contributed by atoms with Crippen molar-refractivity contribution in [2.45, 2.75) is 18.9 Å². The molecule has 1 aromatic carbocycles. The van der Waals surface area contributed by atoms with Gasteiger partial charge in [-0.05, 0) is 42.3 Å². The zero-order chi connectivity index (χ0) is 23.2. The Morgan fingerprint density at radius 2 is 1.76 bits per heavy atom. The fraction of sp³-hybridized carbons (Fsp3) is 0.458. The summed E-state index contributed by atoms with van der Waals surface area (Å²) in [5.41, 5.74) is 0.533. The molecule has 2 aliphatic rings. The van der Waals surface area contributed by atoms with Crippen LogP contribution >= 0.6 is 11.3 Å². The molecule has 0 bridgehead atoms. The van der Waals surface area contributed by atoms with E-state index >= 15 is 0 Å². The standard InChI is InChI=1S/C24H29N3O5S/c1-31-19-6-3-2-5-18(19)23(29)26-10-8-17(9-11-26)21(24(30)27-12-14-32-15-13-27)25-22(28)20-7-4-16-33-20/h2-7,16-17,21H,8-15H2,1H3,(H,25,28). The number of thiophene rings is 1. The lowest BCUT2D eigenvalue weighted by molar-refractivity contribution is -0.139. The van der Waals surface area contributed by atoms with E-state index in [0.717, 1.165) is 0 Å². The van der Waals surface area contributed by atoms with Crippen molar-refractivity contribution < 1.29 is 23.9 Å². The van der Waals surface area contributed by atoms with Gasteiger partial charge >= 0.3 is 0 Å². The number of nitrogens with one attached hydrogen (secondary N) is 1. The quantitative estimate of drug-likeness (QED) is 0.698. The van der Waals surface area contributed by atoms with Gasteiger partial charge in [-0.15, -0.1) is 11.3 Å². The van der Waals surface area contributed by atoms with E-state index in [9.17, 15) is 14.4 Å². The Labute approximate surface area is 197 Å². The number of nitrogens with zero attached hydrogens (tertiary/aromatic N) is 2. The van der Waals surface area contributed by atoms with Crippen LogP contribution in [0.3, 0.4) is 0 Å². The number of likely N-dealkylation sites (tertiary alicyclic amines) is 1. The molecule has 1 unspecified atom stereocenters. The predicted octanol–water partition coefficient (Wildman–Crippen LogP) is 2.27. The lowest BCUT2D eigenvalue weighted by atomic mass is 9.88. The molecule has 1 aromatic heterocycles. The zero-order valence-electron chi connectivity index (χ0n) is 18.7. The first-order valence-electron chi connectivity index (χ1n) is 11.2. The van der Waals surface area contributed by atoms with Gasteiger partial charge in [0.2, 0.25) is 5.91 Å². The molecule has 176 valence electrons. The molecule has 2 aromatic rings. The maximum Gasteiger partial charge on any atom is 0.262 e. The van der Waals surface area contributed by atoms with Gasteiger partial charge < -0.3 is 24.6 Å². The van der Waals surface area contributed by atoms with E-state index < -0.39 is 6.04 Å². The molecule has 8 nitrogen and oxygen atoms in total. The van der Waals surface area contributed by atoms with Crippen LogP contribution in [-0.4, -0.2) is 80.1 Å². The highest BCUT2D eigenvalue weighted by Gasteiger charge is 2.37. The lowest BCUT2D eigenvalue weighted by Gasteiger charge is -2.38. The minimum atomic E-state index is -0.624. The van der Waals surface area contributed by atoms with Crippen molar-refractivity contribution in [2.75, 3.05) is 46.5 Å². The molecule has 0 spiro atoms. The normalized spacial score (nSPS) is 18.0. The monoisotopic (exact) mass is 471 g/mol. The highest BCUT2D eigenvalue weighted by atomic mass is 32.1. The van der Waals surface area contributed by atoms with Gasteiger partial charge in [0.15, 0.2) is 0 Å². The number of morpholine rings is 1. The van der Waals surface area contributed by atoms with E-state index in [1.807, 2.05) is 23.6 Å². The Bertz CT molecular complexity index is 966. The number of ether oxygens (including phenoxy) is 2. The molecule has 3 amide bonds. The molecule has 33 heavy (non-hydrogen) atoms. The third-order valence-corrected chi connectivity index (χ3v) is 7.12. The highest BCUT2D eigenvalue weighted by molar-refractivity contribution is 7.12. The molecule has 9 heteroatoms. The third kappa shape index (κ3) is 5.36. The number of para-hydroxylation sites is 1. The molecule has 2 saturated heterocycles. The van der Waals surface area contributed by atoms with Gasteiger partial charge in [-0.1, -0.05) is 18.2 Å². The van der Waals surface area contributed by atoms with Gasteiger partial charge in [-0.3, -0.25) is 14.4 Å². The van der Waals surface area contributed by atoms with Gasteiger partial charge in [-0.25, -0.2) is 0 Å². The summed E-state index contributed by atoms with van der Waals surface area (Å²) in [6.45, 7) is 3.09. The molecule has 1 N–H and O–H groups in total. The van der Waals surface area contributed by atoms with Crippen LogP contribution in [0.5, 0.6) is 5.75 Å². The SMILES string of the molecule is COc1ccccc1C(=O)N1CCC(C(NC(=O)c2cccs2)C(=O)N2CCOCC2)CC1. The van der Waals surface area contributed by atoms with Crippen LogP contribution in [0, 0.1) is 5.92 Å². The van der Waals surface area contributed by atoms with Crippen molar-refractivity contribution in [1.29, 1.82) is 0 Å². The number of benzene rings is 1. The first-order chi connectivity index (χ1) is 16.1. The van der Waals surface area contributed by atoms with Gasteiger partial charge in [0.1, 0.15) is 11.8 Å². The Balaban J connectivity index is 1.45. The number of amides is 3. The number of carbonyl (C=O) groups excluding carboxylic acids is 3. The third-order valence-electron chi connectivity index (χ3n) is 6.26. The molecule has 3 heterocycles. The van der Waals surface area contributed by atoms with Crippen molar-refractivity contribution in [3.63, 3.8) is 0 Å². The summed E-state index contributed by atoms with van der Waals surface area (Å²) in [6.07, 6.45) is 1.26. The van der Waals surface area contributed by atoms with Crippen molar-refractivity contribution in [1.82, 2.24) is 15.1 Å². The van der Waals surface area contributed by atoms with E-state index in [-0.39, 0.29) is 23.6 Å². The predicted molar refractivity (Wildman–Crippen MR) is 125 cm³/mol. The highest BCUT2D eigenvalue weighted by Crippen LogP contribution is 2.26. The van der Waals surface area contributed by atoms with Crippen LogP contribution < -0.4 is 10.1 Å². The van der Waals surface area contributed by atoms with Crippen LogP contribution in [0.25, 0.3) is 0 Å². The number of hydrogen-bond acceptors (Lipinski definition) is 6. The van der Waals surface area contributed by atoms with Gasteiger partial charge in [0.05, 0.1) is 30.8 Å². The number of piperidine rings is 1. The molecule has 2 aliphatic heterocycles. The molecule has 0 aliphatic carbocycles. The molecule has 0 saturated carbocycles. The summed E-state index contributed by atoms with van der Waals surface area (Å²) in [5, 5.41) is 4.84.